The summed E-state index contributed by atoms with van der Waals surface area (Å²) in [7, 11) is -4.05. The standard InChI is InChI=1S/C24H22F4N4O3S/c1-23(11-2-12-32(23)36(34,35)20-9-7-18(25)8-10-20)22(33)29-14-19-13-21(31-15-30-19)16-3-5-17(6-4-16)24(26,27)28/h3-10,13,15H,2,11-12,14H2,1H3,(H,29,33)/t23-/m0/s1. The fourth-order valence-corrected chi connectivity index (χ4v) is 5.94. The molecule has 12 heteroatoms. The van der Waals surface area contributed by atoms with Gasteiger partial charge in [-0.25, -0.2) is 22.8 Å². The van der Waals surface area contributed by atoms with Crippen molar-refractivity contribution in [3.63, 3.8) is 0 Å². The van der Waals surface area contributed by atoms with Gasteiger partial charge in [0.1, 0.15) is 17.7 Å². The maximum Gasteiger partial charge on any atom is 0.416 e. The number of halogens is 4. The second-order valence-corrected chi connectivity index (χ2v) is 10.4. The zero-order valence-electron chi connectivity index (χ0n) is 19.1. The third-order valence-electron chi connectivity index (χ3n) is 6.13. The maximum absolute atomic E-state index is 13.3. The van der Waals surface area contributed by atoms with E-state index < -0.39 is 39.0 Å². The summed E-state index contributed by atoms with van der Waals surface area (Å²) in [6, 6.07) is 10.4. The van der Waals surface area contributed by atoms with E-state index in [1.165, 1.54) is 31.5 Å². The van der Waals surface area contributed by atoms with Crippen LogP contribution in [0.5, 0.6) is 0 Å². The summed E-state index contributed by atoms with van der Waals surface area (Å²) in [6.45, 7) is 1.62. The SMILES string of the molecule is C[C@@]1(C(=O)NCc2cc(-c3ccc(C(F)(F)F)cc3)ncn2)CCCN1S(=O)(=O)c1ccc(F)cc1. The van der Waals surface area contributed by atoms with E-state index in [4.69, 9.17) is 0 Å². The van der Waals surface area contributed by atoms with Crippen molar-refractivity contribution < 1.29 is 30.8 Å². The number of aromatic nitrogens is 2. The first-order valence-corrected chi connectivity index (χ1v) is 12.4. The van der Waals surface area contributed by atoms with Crippen molar-refractivity contribution in [1.29, 1.82) is 0 Å². The summed E-state index contributed by atoms with van der Waals surface area (Å²) >= 11 is 0. The van der Waals surface area contributed by atoms with Crippen molar-refractivity contribution in [3.8, 4) is 11.3 Å². The highest BCUT2D eigenvalue weighted by Crippen LogP contribution is 2.35. The Balaban J connectivity index is 1.48. The van der Waals surface area contributed by atoms with Gasteiger partial charge in [0, 0.05) is 12.1 Å². The highest BCUT2D eigenvalue weighted by Gasteiger charge is 2.49. The van der Waals surface area contributed by atoms with Crippen LogP contribution in [0.15, 0.2) is 65.8 Å². The number of hydrogen-bond acceptors (Lipinski definition) is 5. The Labute approximate surface area is 205 Å². The average molecular weight is 523 g/mol. The Morgan fingerprint density at radius 2 is 1.75 bits per heavy atom. The molecule has 0 bridgehead atoms. The van der Waals surface area contributed by atoms with Gasteiger partial charge >= 0.3 is 6.18 Å². The van der Waals surface area contributed by atoms with Crippen LogP contribution in [0.2, 0.25) is 0 Å². The largest absolute Gasteiger partial charge is 0.416 e. The molecule has 0 aliphatic carbocycles. The summed E-state index contributed by atoms with van der Waals surface area (Å²) < 4.78 is 79.1. The normalized spacial score (nSPS) is 18.8. The Morgan fingerprint density at radius 1 is 1.08 bits per heavy atom. The number of rotatable bonds is 6. The first-order chi connectivity index (χ1) is 16.9. The van der Waals surface area contributed by atoms with Gasteiger partial charge in [-0.15, -0.1) is 0 Å². The molecule has 190 valence electrons. The third kappa shape index (κ3) is 5.09. The average Bonchev–Trinajstić information content (AvgIpc) is 3.26. The van der Waals surface area contributed by atoms with Crippen molar-refractivity contribution >= 4 is 15.9 Å². The number of nitrogens with one attached hydrogen (secondary N) is 1. The highest BCUT2D eigenvalue weighted by atomic mass is 32.2. The smallest absolute Gasteiger partial charge is 0.349 e. The van der Waals surface area contributed by atoms with Gasteiger partial charge < -0.3 is 5.32 Å². The first-order valence-electron chi connectivity index (χ1n) is 11.0. The molecule has 1 N–H and O–H groups in total. The minimum absolute atomic E-state index is 0.0466. The van der Waals surface area contributed by atoms with Gasteiger partial charge in [-0.05, 0) is 62.2 Å². The van der Waals surface area contributed by atoms with Crippen molar-refractivity contribution in [2.24, 2.45) is 0 Å². The lowest BCUT2D eigenvalue weighted by Gasteiger charge is -2.33. The van der Waals surface area contributed by atoms with Crippen molar-refractivity contribution in [2.45, 2.75) is 42.9 Å². The molecule has 1 atom stereocenters. The van der Waals surface area contributed by atoms with Crippen molar-refractivity contribution in [1.82, 2.24) is 19.6 Å². The van der Waals surface area contributed by atoms with E-state index >= 15 is 0 Å². The van der Waals surface area contributed by atoms with Crippen molar-refractivity contribution in [3.05, 3.63) is 78.0 Å². The van der Waals surface area contributed by atoms with E-state index in [0.717, 1.165) is 40.7 Å². The lowest BCUT2D eigenvalue weighted by molar-refractivity contribution is -0.137. The van der Waals surface area contributed by atoms with Crippen LogP contribution in [0.25, 0.3) is 11.3 Å². The van der Waals surface area contributed by atoms with Gasteiger partial charge in [0.05, 0.1) is 28.4 Å². The molecule has 2 aromatic carbocycles. The number of nitrogens with zero attached hydrogens (tertiary/aromatic N) is 3. The minimum atomic E-state index is -4.45. The summed E-state index contributed by atoms with van der Waals surface area (Å²) in [5.41, 5.74) is -0.940. The second kappa shape index (κ2) is 9.58. The zero-order chi connectivity index (χ0) is 26.1. The van der Waals surface area contributed by atoms with Crippen LogP contribution < -0.4 is 5.32 Å². The Hall–Kier alpha value is -3.38. The second-order valence-electron chi connectivity index (χ2n) is 8.56. The quantitative estimate of drug-likeness (QED) is 0.491. The van der Waals surface area contributed by atoms with E-state index in [9.17, 15) is 30.8 Å². The maximum atomic E-state index is 13.3. The lowest BCUT2D eigenvalue weighted by Crippen LogP contribution is -2.55. The third-order valence-corrected chi connectivity index (χ3v) is 8.16. The van der Waals surface area contributed by atoms with Gasteiger partial charge in [-0.1, -0.05) is 12.1 Å². The molecule has 1 aromatic heterocycles. The highest BCUT2D eigenvalue weighted by molar-refractivity contribution is 7.89. The minimum Gasteiger partial charge on any atom is -0.349 e. The van der Waals surface area contributed by atoms with E-state index in [1.54, 1.807) is 0 Å². The van der Waals surface area contributed by atoms with Gasteiger partial charge in [-0.2, -0.15) is 17.5 Å². The molecule has 2 heterocycles. The molecule has 36 heavy (non-hydrogen) atoms. The molecule has 1 fully saturated rings. The molecule has 0 unspecified atom stereocenters. The van der Waals surface area contributed by atoms with Gasteiger partial charge in [0.2, 0.25) is 15.9 Å². The first kappa shape index (κ1) is 25.7. The molecule has 1 saturated heterocycles. The molecule has 4 rings (SSSR count). The number of sulfonamides is 1. The molecule has 3 aromatic rings. The summed E-state index contributed by atoms with van der Waals surface area (Å²) in [6.07, 6.45) is -2.46. The van der Waals surface area contributed by atoms with Crippen LogP contribution in [0.1, 0.15) is 31.0 Å². The summed E-state index contributed by atoms with van der Waals surface area (Å²) in [4.78, 5) is 21.2. The molecule has 7 nitrogen and oxygen atoms in total. The number of amides is 1. The van der Waals surface area contributed by atoms with E-state index in [1.807, 2.05) is 0 Å². The van der Waals surface area contributed by atoms with Crippen LogP contribution in [-0.4, -0.2) is 40.7 Å². The van der Waals surface area contributed by atoms with Crippen LogP contribution >= 0.6 is 0 Å². The molecule has 0 radical (unpaired) electrons. The molecular formula is C24H22F4N4O3S. The number of carbonyl (C=O) groups excluding carboxylic acids is 1. The van der Waals surface area contributed by atoms with Crippen LogP contribution in [0, 0.1) is 5.82 Å². The number of carbonyl (C=O) groups is 1. The van der Waals surface area contributed by atoms with E-state index in [2.05, 4.69) is 15.3 Å². The monoisotopic (exact) mass is 522 g/mol. The van der Waals surface area contributed by atoms with E-state index in [0.29, 0.717) is 29.8 Å². The predicted octanol–water partition coefficient (Wildman–Crippen LogP) is 4.16. The van der Waals surface area contributed by atoms with Gasteiger partial charge in [-0.3, -0.25) is 4.79 Å². The van der Waals surface area contributed by atoms with Gasteiger partial charge in [0.25, 0.3) is 0 Å². The summed E-state index contributed by atoms with van der Waals surface area (Å²) in [5, 5.41) is 2.71. The zero-order valence-corrected chi connectivity index (χ0v) is 19.9. The molecule has 1 aliphatic rings. The molecule has 1 aliphatic heterocycles. The predicted molar refractivity (Wildman–Crippen MR) is 122 cm³/mol. The summed E-state index contributed by atoms with van der Waals surface area (Å²) in [5.74, 6) is -1.10. The fourth-order valence-electron chi connectivity index (χ4n) is 4.13. The van der Waals surface area contributed by atoms with Crippen molar-refractivity contribution in [2.75, 3.05) is 6.54 Å². The lowest BCUT2D eigenvalue weighted by atomic mass is 9.99. The Kier molecular flexibility index (Phi) is 6.84. The van der Waals surface area contributed by atoms with Crippen LogP contribution in [0.4, 0.5) is 17.6 Å². The van der Waals surface area contributed by atoms with Gasteiger partial charge in [0.15, 0.2) is 0 Å². The van der Waals surface area contributed by atoms with Crippen LogP contribution in [-0.2, 0) is 27.5 Å². The molecule has 1 amide bonds. The number of hydrogen-bond donors (Lipinski definition) is 1. The Bertz CT molecular complexity index is 1360. The molecule has 0 spiro atoms. The van der Waals surface area contributed by atoms with E-state index in [-0.39, 0.29) is 18.0 Å². The fraction of sp³-hybridized carbons (Fsp3) is 0.292. The topological polar surface area (TPSA) is 92.3 Å². The Morgan fingerprint density at radius 3 is 2.39 bits per heavy atom. The molecular weight excluding hydrogens is 500 g/mol. The number of benzene rings is 2. The number of alkyl halides is 3. The molecule has 0 saturated carbocycles. The van der Waals surface area contributed by atoms with Crippen LogP contribution in [0.3, 0.4) is 0 Å².